The minimum absolute atomic E-state index is 0. The Balaban J connectivity index is 0.00000441. The van der Waals surface area contributed by atoms with Crippen LogP contribution in [0.4, 0.5) is 4.39 Å². The van der Waals surface area contributed by atoms with E-state index in [-0.39, 0.29) is 42.4 Å². The Bertz CT molecular complexity index is 510. The standard InChI is InChI=1S/C15H22FN3O2.ClH/c1-10-3-5-12(9-13(10)16)15(21)19-8-7-18-14(20)6-4-11(2)17;/h3,5,9,11H,4,6-8,17H2,1-2H3,(H,18,20)(H,19,21);1H. The Hall–Kier alpha value is -1.66. The summed E-state index contributed by atoms with van der Waals surface area (Å²) in [6.45, 7) is 4.10. The molecule has 1 unspecified atom stereocenters. The fourth-order valence-corrected chi connectivity index (χ4v) is 1.66. The van der Waals surface area contributed by atoms with Crippen LogP contribution in [-0.2, 0) is 4.79 Å². The van der Waals surface area contributed by atoms with Crippen LogP contribution in [0.1, 0.15) is 35.7 Å². The summed E-state index contributed by atoms with van der Waals surface area (Å²) in [4.78, 5) is 23.2. The van der Waals surface area contributed by atoms with Gasteiger partial charge in [-0.3, -0.25) is 9.59 Å². The van der Waals surface area contributed by atoms with Crippen LogP contribution in [0.2, 0.25) is 0 Å². The number of amides is 2. The summed E-state index contributed by atoms with van der Waals surface area (Å²) >= 11 is 0. The van der Waals surface area contributed by atoms with Crippen molar-refractivity contribution in [3.63, 3.8) is 0 Å². The van der Waals surface area contributed by atoms with Crippen molar-refractivity contribution in [3.05, 3.63) is 35.1 Å². The molecule has 0 aliphatic carbocycles. The molecule has 0 spiro atoms. The first-order chi connectivity index (χ1) is 9.90. The molecule has 0 fully saturated rings. The van der Waals surface area contributed by atoms with Gasteiger partial charge in [-0.2, -0.15) is 0 Å². The first-order valence-corrected chi connectivity index (χ1v) is 6.96. The predicted molar refractivity (Wildman–Crippen MR) is 86.6 cm³/mol. The molecular formula is C15H23ClFN3O2. The van der Waals surface area contributed by atoms with Gasteiger partial charge in [-0.25, -0.2) is 4.39 Å². The number of benzene rings is 1. The fourth-order valence-electron chi connectivity index (χ4n) is 1.66. The molecule has 0 saturated heterocycles. The second-order valence-corrected chi connectivity index (χ2v) is 5.09. The van der Waals surface area contributed by atoms with E-state index in [1.807, 2.05) is 6.92 Å². The smallest absolute Gasteiger partial charge is 0.251 e. The third kappa shape index (κ3) is 7.38. The van der Waals surface area contributed by atoms with Gasteiger partial charge in [-0.1, -0.05) is 6.07 Å². The second kappa shape index (κ2) is 10.1. The lowest BCUT2D eigenvalue weighted by atomic mass is 10.1. The van der Waals surface area contributed by atoms with Gasteiger partial charge in [0, 0.05) is 31.1 Å². The molecule has 124 valence electrons. The van der Waals surface area contributed by atoms with Crippen LogP contribution in [0.3, 0.4) is 0 Å². The molecular weight excluding hydrogens is 309 g/mol. The van der Waals surface area contributed by atoms with Crippen molar-refractivity contribution in [2.24, 2.45) is 5.73 Å². The van der Waals surface area contributed by atoms with Gasteiger partial charge in [-0.15, -0.1) is 12.4 Å². The minimum atomic E-state index is -0.410. The third-order valence-corrected chi connectivity index (χ3v) is 2.99. The fraction of sp³-hybridized carbons (Fsp3) is 0.467. The molecule has 0 heterocycles. The first kappa shape index (κ1) is 20.3. The number of aryl methyl sites for hydroxylation is 1. The molecule has 4 N–H and O–H groups in total. The molecule has 1 rings (SSSR count). The van der Waals surface area contributed by atoms with Crippen LogP contribution in [0.5, 0.6) is 0 Å². The number of hydrogen-bond donors (Lipinski definition) is 3. The highest BCUT2D eigenvalue weighted by molar-refractivity contribution is 5.94. The number of halogens is 2. The van der Waals surface area contributed by atoms with Crippen LogP contribution < -0.4 is 16.4 Å². The van der Waals surface area contributed by atoms with E-state index in [9.17, 15) is 14.0 Å². The zero-order valence-electron chi connectivity index (χ0n) is 12.8. The van der Waals surface area contributed by atoms with Crippen LogP contribution in [-0.4, -0.2) is 30.9 Å². The third-order valence-electron chi connectivity index (χ3n) is 2.99. The van der Waals surface area contributed by atoms with Crippen molar-refractivity contribution in [1.29, 1.82) is 0 Å². The molecule has 1 aromatic carbocycles. The highest BCUT2D eigenvalue weighted by atomic mass is 35.5. The van der Waals surface area contributed by atoms with Gasteiger partial charge >= 0.3 is 0 Å². The second-order valence-electron chi connectivity index (χ2n) is 5.09. The van der Waals surface area contributed by atoms with E-state index >= 15 is 0 Å². The lowest BCUT2D eigenvalue weighted by molar-refractivity contribution is -0.121. The maximum atomic E-state index is 13.3. The molecule has 0 bridgehead atoms. The molecule has 2 amide bonds. The predicted octanol–water partition coefficient (Wildman–Crippen LogP) is 1.53. The van der Waals surface area contributed by atoms with Gasteiger partial charge in [0.05, 0.1) is 0 Å². The Morgan fingerprint density at radius 3 is 2.50 bits per heavy atom. The minimum Gasteiger partial charge on any atom is -0.354 e. The normalized spacial score (nSPS) is 11.3. The van der Waals surface area contributed by atoms with Crippen molar-refractivity contribution in [2.75, 3.05) is 13.1 Å². The Morgan fingerprint density at radius 1 is 1.27 bits per heavy atom. The van der Waals surface area contributed by atoms with Gasteiger partial charge in [0.15, 0.2) is 0 Å². The van der Waals surface area contributed by atoms with Crippen LogP contribution in [0.25, 0.3) is 0 Å². The van der Waals surface area contributed by atoms with Gasteiger partial charge in [-0.05, 0) is 38.0 Å². The summed E-state index contributed by atoms with van der Waals surface area (Å²) in [6.07, 6.45) is 0.996. The Kier molecular flexibility index (Phi) is 9.37. The van der Waals surface area contributed by atoms with E-state index in [4.69, 9.17) is 5.73 Å². The maximum Gasteiger partial charge on any atom is 0.251 e. The zero-order valence-corrected chi connectivity index (χ0v) is 13.6. The Labute approximate surface area is 136 Å². The first-order valence-electron chi connectivity index (χ1n) is 6.96. The van der Waals surface area contributed by atoms with E-state index < -0.39 is 5.82 Å². The lowest BCUT2D eigenvalue weighted by Gasteiger charge is -2.08. The van der Waals surface area contributed by atoms with Gasteiger partial charge in [0.1, 0.15) is 5.82 Å². The summed E-state index contributed by atoms with van der Waals surface area (Å²) in [7, 11) is 0. The van der Waals surface area contributed by atoms with E-state index in [2.05, 4.69) is 10.6 Å². The van der Waals surface area contributed by atoms with Crippen LogP contribution in [0.15, 0.2) is 18.2 Å². The molecule has 7 heteroatoms. The largest absolute Gasteiger partial charge is 0.354 e. The molecule has 1 atom stereocenters. The Morgan fingerprint density at radius 2 is 1.91 bits per heavy atom. The number of carbonyl (C=O) groups excluding carboxylic acids is 2. The molecule has 1 aromatic rings. The van der Waals surface area contributed by atoms with E-state index in [0.717, 1.165) is 0 Å². The molecule has 5 nitrogen and oxygen atoms in total. The van der Waals surface area contributed by atoms with Crippen molar-refractivity contribution < 1.29 is 14.0 Å². The van der Waals surface area contributed by atoms with Crippen molar-refractivity contribution >= 4 is 24.2 Å². The van der Waals surface area contributed by atoms with Crippen molar-refractivity contribution in [1.82, 2.24) is 10.6 Å². The van der Waals surface area contributed by atoms with Crippen molar-refractivity contribution in [2.45, 2.75) is 32.7 Å². The summed E-state index contributed by atoms with van der Waals surface area (Å²) in [5.74, 6) is -0.867. The van der Waals surface area contributed by atoms with Gasteiger partial charge < -0.3 is 16.4 Å². The molecule has 0 radical (unpaired) electrons. The summed E-state index contributed by atoms with van der Waals surface area (Å²) in [5, 5.41) is 5.30. The summed E-state index contributed by atoms with van der Waals surface area (Å²) in [6, 6.07) is 4.31. The van der Waals surface area contributed by atoms with Crippen molar-refractivity contribution in [3.8, 4) is 0 Å². The number of carbonyl (C=O) groups is 2. The van der Waals surface area contributed by atoms with Crippen LogP contribution >= 0.6 is 12.4 Å². The average molecular weight is 332 g/mol. The molecule has 0 aliphatic rings. The van der Waals surface area contributed by atoms with Crippen LogP contribution in [0, 0.1) is 12.7 Å². The highest BCUT2D eigenvalue weighted by Gasteiger charge is 2.08. The molecule has 0 saturated carbocycles. The monoisotopic (exact) mass is 331 g/mol. The highest BCUT2D eigenvalue weighted by Crippen LogP contribution is 2.08. The summed E-state index contributed by atoms with van der Waals surface area (Å²) in [5.41, 5.74) is 6.31. The number of nitrogens with one attached hydrogen (secondary N) is 2. The quantitative estimate of drug-likeness (QED) is 0.662. The molecule has 0 aromatic heterocycles. The zero-order chi connectivity index (χ0) is 15.8. The number of hydrogen-bond acceptors (Lipinski definition) is 3. The number of nitrogens with two attached hydrogens (primary N) is 1. The maximum absolute atomic E-state index is 13.3. The van der Waals surface area contributed by atoms with E-state index in [1.54, 1.807) is 19.1 Å². The van der Waals surface area contributed by atoms with Gasteiger partial charge in [0.25, 0.3) is 5.91 Å². The van der Waals surface area contributed by atoms with E-state index in [1.165, 1.54) is 6.07 Å². The molecule has 0 aliphatic heterocycles. The topological polar surface area (TPSA) is 84.2 Å². The average Bonchev–Trinajstić information content (AvgIpc) is 2.44. The SMILES string of the molecule is Cc1ccc(C(=O)NCCNC(=O)CCC(C)N)cc1F.Cl. The summed E-state index contributed by atoms with van der Waals surface area (Å²) < 4.78 is 13.3. The number of rotatable bonds is 7. The van der Waals surface area contributed by atoms with E-state index in [0.29, 0.717) is 24.9 Å². The lowest BCUT2D eigenvalue weighted by Crippen LogP contribution is -2.35. The van der Waals surface area contributed by atoms with Gasteiger partial charge in [0.2, 0.25) is 5.91 Å². The molecule has 22 heavy (non-hydrogen) atoms.